The average Bonchev–Trinajstić information content (AvgIpc) is 2.95. The Morgan fingerprint density at radius 2 is 2.00 bits per heavy atom. The second kappa shape index (κ2) is 8.71. The third-order valence-electron chi connectivity index (χ3n) is 5.06. The maximum absolute atomic E-state index is 13.1. The summed E-state index contributed by atoms with van der Waals surface area (Å²) in [7, 11) is 0. The molecule has 7 heteroatoms. The number of hydrogen-bond acceptors (Lipinski definition) is 5. The molecule has 0 fully saturated rings. The number of thioether (sulfide) groups is 1. The molecule has 0 saturated heterocycles. The largest absolute Gasteiger partial charge is 0.325 e. The molecule has 1 N–H and O–H groups in total. The Morgan fingerprint density at radius 3 is 2.66 bits per heavy atom. The van der Waals surface area contributed by atoms with E-state index >= 15 is 0 Å². The molecule has 1 amide bonds. The normalized spacial score (nSPS) is 11.4. The van der Waals surface area contributed by atoms with Crippen molar-refractivity contribution in [3.63, 3.8) is 0 Å². The number of rotatable bonds is 6. The summed E-state index contributed by atoms with van der Waals surface area (Å²) < 4.78 is 1.70. The van der Waals surface area contributed by atoms with E-state index in [4.69, 9.17) is 4.98 Å². The minimum atomic E-state index is -0.0952. The molecule has 154 valence electrons. The molecular formula is C22H27N3O2S2. The summed E-state index contributed by atoms with van der Waals surface area (Å²) in [4.78, 5) is 32.3. The average molecular weight is 430 g/mol. The van der Waals surface area contributed by atoms with Crippen molar-refractivity contribution >= 4 is 44.9 Å². The Hall–Kier alpha value is -2.12. The molecule has 0 atom stereocenters. The fourth-order valence-corrected chi connectivity index (χ4v) is 5.35. The van der Waals surface area contributed by atoms with Crippen molar-refractivity contribution in [1.82, 2.24) is 9.55 Å². The number of fused-ring (bicyclic) bond motifs is 1. The number of anilines is 1. The van der Waals surface area contributed by atoms with Gasteiger partial charge in [-0.25, -0.2) is 4.98 Å². The van der Waals surface area contributed by atoms with Crippen molar-refractivity contribution in [2.45, 2.75) is 59.2 Å². The van der Waals surface area contributed by atoms with Gasteiger partial charge in [-0.1, -0.05) is 36.9 Å². The van der Waals surface area contributed by atoms with Crippen LogP contribution in [-0.2, 0) is 11.2 Å². The first-order valence-corrected chi connectivity index (χ1v) is 11.6. The lowest BCUT2D eigenvalue weighted by atomic mass is 10.1. The number of aryl methyl sites for hydroxylation is 4. The second-order valence-corrected chi connectivity index (χ2v) is 9.57. The number of amides is 1. The molecule has 0 spiro atoms. The van der Waals surface area contributed by atoms with E-state index < -0.39 is 0 Å². The molecule has 0 aliphatic heterocycles. The van der Waals surface area contributed by atoms with E-state index in [0.29, 0.717) is 10.5 Å². The summed E-state index contributed by atoms with van der Waals surface area (Å²) in [5.74, 6) is 0.105. The van der Waals surface area contributed by atoms with Gasteiger partial charge in [0.15, 0.2) is 5.16 Å². The maximum atomic E-state index is 13.1. The Balaban J connectivity index is 1.88. The first-order chi connectivity index (χ1) is 13.7. The van der Waals surface area contributed by atoms with Crippen LogP contribution in [0.4, 0.5) is 5.69 Å². The highest BCUT2D eigenvalue weighted by Gasteiger charge is 2.19. The van der Waals surface area contributed by atoms with E-state index in [9.17, 15) is 9.59 Å². The molecule has 0 aliphatic carbocycles. The van der Waals surface area contributed by atoms with Crippen molar-refractivity contribution in [2.24, 2.45) is 0 Å². The highest BCUT2D eigenvalue weighted by atomic mass is 32.2. The summed E-state index contributed by atoms with van der Waals surface area (Å²) >= 11 is 2.85. The summed E-state index contributed by atoms with van der Waals surface area (Å²) in [5.41, 5.74) is 4.02. The third kappa shape index (κ3) is 4.26. The van der Waals surface area contributed by atoms with Crippen LogP contribution in [0, 0.1) is 20.8 Å². The van der Waals surface area contributed by atoms with E-state index in [1.807, 2.05) is 52.8 Å². The maximum Gasteiger partial charge on any atom is 0.263 e. The van der Waals surface area contributed by atoms with Crippen LogP contribution in [0.3, 0.4) is 0 Å². The molecule has 1 aromatic carbocycles. The van der Waals surface area contributed by atoms with Crippen LogP contribution in [0.25, 0.3) is 10.2 Å². The van der Waals surface area contributed by atoms with E-state index in [0.717, 1.165) is 38.5 Å². The number of aromatic nitrogens is 2. The van der Waals surface area contributed by atoms with Gasteiger partial charge in [-0.3, -0.25) is 14.2 Å². The van der Waals surface area contributed by atoms with Crippen molar-refractivity contribution in [1.29, 1.82) is 0 Å². The van der Waals surface area contributed by atoms with E-state index in [1.54, 1.807) is 4.57 Å². The van der Waals surface area contributed by atoms with Crippen LogP contribution in [0.2, 0.25) is 0 Å². The summed E-state index contributed by atoms with van der Waals surface area (Å²) in [5, 5.41) is 4.33. The monoisotopic (exact) mass is 429 g/mol. The number of thiophene rings is 1. The molecule has 29 heavy (non-hydrogen) atoms. The van der Waals surface area contributed by atoms with Gasteiger partial charge in [-0.15, -0.1) is 11.3 Å². The summed E-state index contributed by atoms with van der Waals surface area (Å²) in [6.07, 6.45) is 0.854. The first kappa shape index (κ1) is 21.6. The number of para-hydroxylation sites is 1. The van der Waals surface area contributed by atoms with E-state index in [1.165, 1.54) is 23.1 Å². The van der Waals surface area contributed by atoms with Crippen LogP contribution in [-0.4, -0.2) is 21.2 Å². The number of hydrogen-bond donors (Lipinski definition) is 1. The van der Waals surface area contributed by atoms with E-state index in [2.05, 4.69) is 12.2 Å². The Kier molecular flexibility index (Phi) is 6.49. The minimum absolute atomic E-state index is 0.0260. The highest BCUT2D eigenvalue weighted by molar-refractivity contribution is 7.99. The van der Waals surface area contributed by atoms with Gasteiger partial charge in [0.2, 0.25) is 5.91 Å². The van der Waals surface area contributed by atoms with Gasteiger partial charge in [-0.2, -0.15) is 0 Å². The zero-order valence-electron chi connectivity index (χ0n) is 17.8. The van der Waals surface area contributed by atoms with Gasteiger partial charge in [0, 0.05) is 16.6 Å². The van der Waals surface area contributed by atoms with Gasteiger partial charge in [0.1, 0.15) is 4.83 Å². The van der Waals surface area contributed by atoms with Crippen LogP contribution in [0.5, 0.6) is 0 Å². The van der Waals surface area contributed by atoms with Crippen molar-refractivity contribution < 1.29 is 4.79 Å². The predicted molar refractivity (Wildman–Crippen MR) is 124 cm³/mol. The predicted octanol–water partition coefficient (Wildman–Crippen LogP) is 5.26. The number of nitrogens with one attached hydrogen (secondary N) is 1. The van der Waals surface area contributed by atoms with Crippen molar-refractivity contribution in [3.05, 3.63) is 50.1 Å². The first-order valence-electron chi connectivity index (χ1n) is 9.77. The molecule has 2 heterocycles. The number of benzene rings is 1. The molecular weight excluding hydrogens is 402 g/mol. The summed E-state index contributed by atoms with van der Waals surface area (Å²) in [6, 6.07) is 6.00. The lowest BCUT2D eigenvalue weighted by Gasteiger charge is -2.16. The highest BCUT2D eigenvalue weighted by Crippen LogP contribution is 2.29. The quantitative estimate of drug-likeness (QED) is 0.429. The zero-order chi connectivity index (χ0) is 21.3. The lowest BCUT2D eigenvalue weighted by molar-refractivity contribution is -0.113. The molecule has 0 saturated carbocycles. The second-order valence-electron chi connectivity index (χ2n) is 7.43. The molecule has 3 rings (SSSR count). The van der Waals surface area contributed by atoms with Crippen molar-refractivity contribution in [2.75, 3.05) is 11.1 Å². The third-order valence-corrected chi connectivity index (χ3v) is 7.11. The van der Waals surface area contributed by atoms with Crippen LogP contribution in [0.1, 0.15) is 48.4 Å². The molecule has 0 unspecified atom stereocenters. The van der Waals surface area contributed by atoms with Crippen LogP contribution < -0.4 is 10.9 Å². The molecule has 3 aromatic rings. The fourth-order valence-electron chi connectivity index (χ4n) is 3.35. The van der Waals surface area contributed by atoms with Gasteiger partial charge in [0.05, 0.1) is 11.1 Å². The van der Waals surface area contributed by atoms with Gasteiger partial charge < -0.3 is 5.32 Å². The smallest absolute Gasteiger partial charge is 0.263 e. The minimum Gasteiger partial charge on any atom is -0.325 e. The van der Waals surface area contributed by atoms with Gasteiger partial charge >= 0.3 is 0 Å². The molecule has 5 nitrogen and oxygen atoms in total. The Bertz CT molecular complexity index is 1130. The van der Waals surface area contributed by atoms with Crippen LogP contribution >= 0.6 is 23.1 Å². The van der Waals surface area contributed by atoms with Gasteiger partial charge in [-0.05, 0) is 57.7 Å². The number of nitrogens with zero attached hydrogens (tertiary/aromatic N) is 2. The SMILES string of the molecule is CCc1cccc(C)c1NC(=O)CSc1nc2sc(C)c(C)c2c(=O)n1C(C)C. The standard InChI is InChI=1S/C22H27N3O2S2/c1-7-16-10-8-9-13(4)19(16)23-17(26)11-28-22-24-20-18(14(5)15(6)29-20)21(27)25(22)12(2)3/h8-10,12H,7,11H2,1-6H3,(H,23,26). The number of carbonyl (C=O) groups excluding carboxylic acids is 1. The lowest BCUT2D eigenvalue weighted by Crippen LogP contribution is -2.25. The zero-order valence-corrected chi connectivity index (χ0v) is 19.4. The molecule has 2 aromatic heterocycles. The molecule has 0 radical (unpaired) electrons. The van der Waals surface area contributed by atoms with Crippen LogP contribution in [0.15, 0.2) is 28.2 Å². The number of carbonyl (C=O) groups is 1. The molecule has 0 aliphatic rings. The van der Waals surface area contributed by atoms with Gasteiger partial charge in [0.25, 0.3) is 5.56 Å². The molecule has 0 bridgehead atoms. The topological polar surface area (TPSA) is 64.0 Å². The van der Waals surface area contributed by atoms with Crippen molar-refractivity contribution in [3.8, 4) is 0 Å². The Morgan fingerprint density at radius 1 is 1.28 bits per heavy atom. The summed E-state index contributed by atoms with van der Waals surface area (Å²) in [6.45, 7) is 12.0. The Labute approximate surface area is 179 Å². The fraction of sp³-hybridized carbons (Fsp3) is 0.409. The van der Waals surface area contributed by atoms with E-state index in [-0.39, 0.29) is 23.3 Å².